The molecule has 0 saturated carbocycles. The van der Waals surface area contributed by atoms with E-state index < -0.39 is 0 Å². The second kappa shape index (κ2) is 7.96. The normalized spacial score (nSPS) is 10.8. The standard InChI is InChI=1S/C19H26N4O2/c1-13(2)20-17(24)12-22(5)19(25)18-14(3)21-23(15(18)4)11-16-9-7-6-8-10-16/h6-10,13H,11-12H2,1-5H3,(H,20,24). The van der Waals surface area contributed by atoms with E-state index in [1.807, 2.05) is 62.7 Å². The summed E-state index contributed by atoms with van der Waals surface area (Å²) in [6.07, 6.45) is 0. The Bertz CT molecular complexity index is 750. The molecule has 0 bridgehead atoms. The van der Waals surface area contributed by atoms with Gasteiger partial charge in [0.15, 0.2) is 0 Å². The maximum atomic E-state index is 12.8. The summed E-state index contributed by atoms with van der Waals surface area (Å²) in [6, 6.07) is 10.0. The van der Waals surface area contributed by atoms with Crippen molar-refractivity contribution in [3.05, 3.63) is 52.8 Å². The Morgan fingerprint density at radius 2 is 1.84 bits per heavy atom. The summed E-state index contributed by atoms with van der Waals surface area (Å²) in [7, 11) is 1.63. The molecule has 1 aromatic heterocycles. The fourth-order valence-corrected chi connectivity index (χ4v) is 2.76. The number of nitrogens with one attached hydrogen (secondary N) is 1. The first kappa shape index (κ1) is 18.7. The van der Waals surface area contributed by atoms with E-state index in [1.54, 1.807) is 7.05 Å². The van der Waals surface area contributed by atoms with E-state index >= 15 is 0 Å². The number of nitrogens with zero attached hydrogens (tertiary/aromatic N) is 3. The van der Waals surface area contributed by atoms with Gasteiger partial charge in [0.25, 0.3) is 5.91 Å². The van der Waals surface area contributed by atoms with Crippen LogP contribution in [0.15, 0.2) is 30.3 Å². The van der Waals surface area contributed by atoms with Crippen molar-refractivity contribution < 1.29 is 9.59 Å². The van der Waals surface area contributed by atoms with Gasteiger partial charge in [-0.05, 0) is 33.3 Å². The molecule has 25 heavy (non-hydrogen) atoms. The number of hydrogen-bond donors (Lipinski definition) is 1. The molecule has 1 heterocycles. The van der Waals surface area contributed by atoms with Crippen LogP contribution in [0.2, 0.25) is 0 Å². The molecule has 0 atom stereocenters. The maximum Gasteiger partial charge on any atom is 0.257 e. The van der Waals surface area contributed by atoms with E-state index in [-0.39, 0.29) is 24.4 Å². The Labute approximate surface area is 148 Å². The molecule has 0 radical (unpaired) electrons. The van der Waals surface area contributed by atoms with Crippen molar-refractivity contribution in [2.24, 2.45) is 0 Å². The first-order valence-electron chi connectivity index (χ1n) is 8.42. The minimum Gasteiger partial charge on any atom is -0.352 e. The van der Waals surface area contributed by atoms with Gasteiger partial charge >= 0.3 is 0 Å². The van der Waals surface area contributed by atoms with E-state index in [0.717, 1.165) is 11.3 Å². The van der Waals surface area contributed by atoms with Crippen molar-refractivity contribution in [2.45, 2.75) is 40.3 Å². The van der Waals surface area contributed by atoms with Crippen molar-refractivity contribution >= 4 is 11.8 Å². The van der Waals surface area contributed by atoms with E-state index in [4.69, 9.17) is 0 Å². The number of amides is 2. The highest BCUT2D eigenvalue weighted by Crippen LogP contribution is 2.16. The number of carbonyl (C=O) groups is 2. The van der Waals surface area contributed by atoms with Crippen LogP contribution in [0.3, 0.4) is 0 Å². The molecule has 0 saturated heterocycles. The minimum atomic E-state index is -0.187. The molecule has 6 heteroatoms. The lowest BCUT2D eigenvalue weighted by Gasteiger charge is -2.18. The molecule has 1 N–H and O–H groups in total. The van der Waals surface area contributed by atoms with Gasteiger partial charge in [-0.1, -0.05) is 30.3 Å². The number of rotatable bonds is 6. The highest BCUT2D eigenvalue weighted by Gasteiger charge is 2.23. The summed E-state index contributed by atoms with van der Waals surface area (Å²) in [6.45, 7) is 8.13. The van der Waals surface area contributed by atoms with E-state index in [0.29, 0.717) is 17.8 Å². The number of aromatic nitrogens is 2. The summed E-state index contributed by atoms with van der Waals surface area (Å²) in [5.41, 5.74) is 3.17. The molecular weight excluding hydrogens is 316 g/mol. The Balaban J connectivity index is 2.16. The van der Waals surface area contributed by atoms with Crippen molar-refractivity contribution in [3.8, 4) is 0 Å². The van der Waals surface area contributed by atoms with Crippen molar-refractivity contribution in [1.82, 2.24) is 20.0 Å². The molecule has 1 aromatic carbocycles. The lowest BCUT2D eigenvalue weighted by atomic mass is 10.1. The van der Waals surface area contributed by atoms with Gasteiger partial charge in [-0.3, -0.25) is 14.3 Å². The van der Waals surface area contributed by atoms with Crippen LogP contribution in [0.4, 0.5) is 0 Å². The molecule has 0 aliphatic heterocycles. The number of benzene rings is 1. The number of hydrogen-bond acceptors (Lipinski definition) is 3. The van der Waals surface area contributed by atoms with Crippen molar-refractivity contribution in [1.29, 1.82) is 0 Å². The first-order chi connectivity index (χ1) is 11.8. The van der Waals surface area contributed by atoms with Gasteiger partial charge in [0.05, 0.1) is 24.3 Å². The molecule has 0 aliphatic carbocycles. The zero-order valence-corrected chi connectivity index (χ0v) is 15.5. The highest BCUT2D eigenvalue weighted by molar-refractivity contribution is 5.98. The van der Waals surface area contributed by atoms with Gasteiger partial charge in [-0.15, -0.1) is 0 Å². The third-order valence-corrected chi connectivity index (χ3v) is 3.95. The van der Waals surface area contributed by atoms with Gasteiger partial charge in [-0.2, -0.15) is 5.10 Å². The summed E-state index contributed by atoms with van der Waals surface area (Å²) in [5, 5.41) is 7.30. The lowest BCUT2D eigenvalue weighted by Crippen LogP contribution is -2.41. The van der Waals surface area contributed by atoms with Crippen LogP contribution in [0, 0.1) is 13.8 Å². The SMILES string of the molecule is Cc1nn(Cc2ccccc2)c(C)c1C(=O)N(C)CC(=O)NC(C)C. The van der Waals surface area contributed by atoms with Gasteiger partial charge in [0.1, 0.15) is 0 Å². The molecule has 2 aromatic rings. The van der Waals surface area contributed by atoms with E-state index in [2.05, 4.69) is 10.4 Å². The van der Waals surface area contributed by atoms with Crippen LogP contribution >= 0.6 is 0 Å². The number of likely N-dealkylation sites (N-methyl/N-ethyl adjacent to an activating group) is 1. The van der Waals surface area contributed by atoms with E-state index in [1.165, 1.54) is 4.90 Å². The maximum absolute atomic E-state index is 12.8. The third kappa shape index (κ3) is 4.68. The van der Waals surface area contributed by atoms with Crippen LogP contribution in [-0.2, 0) is 11.3 Å². The zero-order valence-electron chi connectivity index (χ0n) is 15.5. The second-order valence-corrected chi connectivity index (χ2v) is 6.57. The highest BCUT2D eigenvalue weighted by atomic mass is 16.2. The largest absolute Gasteiger partial charge is 0.352 e. The zero-order chi connectivity index (χ0) is 18.6. The predicted octanol–water partition coefficient (Wildman–Crippen LogP) is 2.14. The Morgan fingerprint density at radius 1 is 1.20 bits per heavy atom. The quantitative estimate of drug-likeness (QED) is 0.875. The summed E-state index contributed by atoms with van der Waals surface area (Å²) in [4.78, 5) is 26.1. The van der Waals surface area contributed by atoms with Crippen LogP contribution in [0.5, 0.6) is 0 Å². The molecule has 0 aliphatic rings. The molecule has 0 spiro atoms. The van der Waals surface area contributed by atoms with Gasteiger partial charge in [-0.25, -0.2) is 0 Å². The fraction of sp³-hybridized carbons (Fsp3) is 0.421. The number of aryl methyl sites for hydroxylation is 1. The Morgan fingerprint density at radius 3 is 2.44 bits per heavy atom. The molecule has 0 unspecified atom stereocenters. The monoisotopic (exact) mass is 342 g/mol. The summed E-state index contributed by atoms with van der Waals surface area (Å²) >= 11 is 0. The summed E-state index contributed by atoms with van der Waals surface area (Å²) in [5.74, 6) is -0.356. The molecular formula is C19H26N4O2. The van der Waals surface area contributed by atoms with Crippen molar-refractivity contribution in [2.75, 3.05) is 13.6 Å². The van der Waals surface area contributed by atoms with Crippen LogP contribution in [0.1, 0.15) is 41.2 Å². The minimum absolute atomic E-state index is 0.0275. The third-order valence-electron chi connectivity index (χ3n) is 3.95. The lowest BCUT2D eigenvalue weighted by molar-refractivity contribution is -0.122. The average molecular weight is 342 g/mol. The topological polar surface area (TPSA) is 67.2 Å². The van der Waals surface area contributed by atoms with Crippen LogP contribution < -0.4 is 5.32 Å². The fourth-order valence-electron chi connectivity index (χ4n) is 2.76. The van der Waals surface area contributed by atoms with Gasteiger partial charge in [0, 0.05) is 18.8 Å². The second-order valence-electron chi connectivity index (χ2n) is 6.57. The smallest absolute Gasteiger partial charge is 0.257 e. The molecule has 134 valence electrons. The Hall–Kier alpha value is -2.63. The number of carbonyl (C=O) groups excluding carboxylic acids is 2. The van der Waals surface area contributed by atoms with E-state index in [9.17, 15) is 9.59 Å². The van der Waals surface area contributed by atoms with Gasteiger partial charge < -0.3 is 10.2 Å². The van der Waals surface area contributed by atoms with Crippen LogP contribution in [0.25, 0.3) is 0 Å². The average Bonchev–Trinajstić information content (AvgIpc) is 2.80. The first-order valence-corrected chi connectivity index (χ1v) is 8.42. The predicted molar refractivity (Wildman–Crippen MR) is 97.5 cm³/mol. The van der Waals surface area contributed by atoms with Crippen LogP contribution in [-0.4, -0.2) is 46.1 Å². The molecule has 0 fully saturated rings. The summed E-state index contributed by atoms with van der Waals surface area (Å²) < 4.78 is 1.83. The molecule has 2 amide bonds. The molecule has 6 nitrogen and oxygen atoms in total. The van der Waals surface area contributed by atoms with Gasteiger partial charge in [0.2, 0.25) is 5.91 Å². The van der Waals surface area contributed by atoms with Crippen molar-refractivity contribution in [3.63, 3.8) is 0 Å². The molecule has 2 rings (SSSR count). The Kier molecular flexibility index (Phi) is 5.96.